The number of pyridine rings is 1. The number of rotatable bonds is 4. The number of halogens is 7. The van der Waals surface area contributed by atoms with Crippen molar-refractivity contribution >= 4 is 29.2 Å². The predicted molar refractivity (Wildman–Crippen MR) is 94.1 cm³/mol. The Balaban J connectivity index is 1.89. The first-order chi connectivity index (χ1) is 13.0. The highest BCUT2D eigenvalue weighted by Crippen LogP contribution is 2.42. The van der Waals surface area contributed by atoms with Crippen LogP contribution in [0.3, 0.4) is 0 Å². The third-order valence-corrected chi connectivity index (χ3v) is 5.14. The maximum Gasteiger partial charge on any atom is 0.416 e. The van der Waals surface area contributed by atoms with Crippen molar-refractivity contribution < 1.29 is 26.3 Å². The van der Waals surface area contributed by atoms with Crippen molar-refractivity contribution in [3.05, 3.63) is 65.1 Å². The predicted octanol–water partition coefficient (Wildman–Crippen LogP) is 6.25. The second kappa shape index (κ2) is 7.49. The van der Waals surface area contributed by atoms with E-state index in [-0.39, 0.29) is 5.56 Å². The van der Waals surface area contributed by atoms with Crippen LogP contribution in [0.5, 0.6) is 0 Å². The van der Waals surface area contributed by atoms with E-state index in [4.69, 9.17) is 11.6 Å². The summed E-state index contributed by atoms with van der Waals surface area (Å²) in [6.07, 6.45) is -6.37. The monoisotopic (exact) mass is 439 g/mol. The number of alkyl halides is 6. The molecule has 2 heterocycles. The lowest BCUT2D eigenvalue weighted by Crippen LogP contribution is -2.32. The summed E-state index contributed by atoms with van der Waals surface area (Å²) in [6.45, 7) is 0. The van der Waals surface area contributed by atoms with Crippen LogP contribution in [-0.4, -0.2) is 26.9 Å². The minimum Gasteiger partial charge on any atom is -0.289 e. The molecule has 11 heteroatoms. The van der Waals surface area contributed by atoms with Gasteiger partial charge in [-0.3, -0.25) is 4.40 Å². The van der Waals surface area contributed by atoms with Gasteiger partial charge in [0.2, 0.25) is 0 Å². The number of aromatic nitrogens is 2. The number of imidazole rings is 1. The maximum absolute atomic E-state index is 13.6. The molecule has 1 aromatic carbocycles. The van der Waals surface area contributed by atoms with Crippen LogP contribution in [0, 0.1) is 0 Å². The molecule has 0 radical (unpaired) electrons. The van der Waals surface area contributed by atoms with Crippen LogP contribution in [0.2, 0.25) is 5.15 Å². The van der Waals surface area contributed by atoms with E-state index in [1.165, 1.54) is 23.8 Å². The summed E-state index contributed by atoms with van der Waals surface area (Å²) in [6, 6.07) is 4.05. The van der Waals surface area contributed by atoms with E-state index in [0.717, 1.165) is 28.4 Å². The van der Waals surface area contributed by atoms with Crippen LogP contribution < -0.4 is 0 Å². The molecule has 0 amide bonds. The third kappa shape index (κ3) is 4.39. The molecule has 3 aromatic rings. The van der Waals surface area contributed by atoms with Gasteiger partial charge in [-0.1, -0.05) is 23.7 Å². The van der Waals surface area contributed by atoms with E-state index in [0.29, 0.717) is 27.8 Å². The van der Waals surface area contributed by atoms with Gasteiger partial charge in [0.15, 0.2) is 0 Å². The Labute approximate surface area is 165 Å². The number of benzene rings is 1. The quantitative estimate of drug-likeness (QED) is 0.354. The van der Waals surface area contributed by atoms with E-state index in [9.17, 15) is 26.3 Å². The highest BCUT2D eigenvalue weighted by atomic mass is 35.5. The average molecular weight is 440 g/mol. The van der Waals surface area contributed by atoms with Gasteiger partial charge in [-0.2, -0.15) is 26.3 Å². The van der Waals surface area contributed by atoms with E-state index in [2.05, 4.69) is 4.98 Å². The minimum absolute atomic E-state index is 0.294. The van der Waals surface area contributed by atoms with Crippen molar-refractivity contribution in [3.8, 4) is 0 Å². The molecule has 1 unspecified atom stereocenters. The zero-order valence-corrected chi connectivity index (χ0v) is 15.7. The number of nitrogens with zero attached hydrogens (tertiary/aromatic N) is 3. The summed E-state index contributed by atoms with van der Waals surface area (Å²) in [7, 11) is 1.22. The van der Waals surface area contributed by atoms with E-state index < -0.39 is 24.0 Å². The smallest absolute Gasteiger partial charge is 0.289 e. The fourth-order valence-corrected chi connectivity index (χ4v) is 3.81. The molecule has 0 aliphatic carbocycles. The summed E-state index contributed by atoms with van der Waals surface area (Å²) >= 11 is 6.76. The fraction of sp³-hybridized carbons (Fsp3) is 0.235. The molecule has 150 valence electrons. The second-order valence-electron chi connectivity index (χ2n) is 5.88. The van der Waals surface area contributed by atoms with Gasteiger partial charge in [0.05, 0.1) is 11.8 Å². The lowest BCUT2D eigenvalue weighted by atomic mass is 10.0. The molecule has 0 saturated carbocycles. The van der Waals surface area contributed by atoms with Crippen molar-refractivity contribution in [3.63, 3.8) is 0 Å². The van der Waals surface area contributed by atoms with Crippen molar-refractivity contribution in [2.75, 3.05) is 7.05 Å². The summed E-state index contributed by atoms with van der Waals surface area (Å²) in [5, 5.41) is 0.301. The van der Waals surface area contributed by atoms with Crippen molar-refractivity contribution in [2.24, 2.45) is 0 Å². The molecule has 2 aromatic heterocycles. The molecule has 0 bridgehead atoms. The molecule has 0 saturated heterocycles. The average Bonchev–Trinajstić information content (AvgIpc) is 2.94. The summed E-state index contributed by atoms with van der Waals surface area (Å²) in [5.41, 5.74) is -0.767. The Kier molecular flexibility index (Phi) is 5.57. The Morgan fingerprint density at radius 3 is 2.25 bits per heavy atom. The Morgan fingerprint density at radius 2 is 1.68 bits per heavy atom. The van der Waals surface area contributed by atoms with Gasteiger partial charge in [-0.25, -0.2) is 9.29 Å². The van der Waals surface area contributed by atoms with Gasteiger partial charge in [-0.05, 0) is 48.8 Å². The largest absolute Gasteiger partial charge is 0.416 e. The van der Waals surface area contributed by atoms with E-state index in [1.54, 1.807) is 12.1 Å². The maximum atomic E-state index is 13.6. The van der Waals surface area contributed by atoms with Gasteiger partial charge in [0.25, 0.3) is 0 Å². The van der Waals surface area contributed by atoms with Crippen molar-refractivity contribution in [1.29, 1.82) is 0 Å². The molecule has 0 N–H and O–H groups in total. The summed E-state index contributed by atoms with van der Waals surface area (Å²) < 4.78 is 81.4. The van der Waals surface area contributed by atoms with Crippen molar-refractivity contribution in [2.45, 2.75) is 23.3 Å². The Hall–Kier alpha value is -1.91. The Bertz CT molecular complexity index is 968. The van der Waals surface area contributed by atoms with E-state index in [1.807, 2.05) is 0 Å². The molecular formula is C17H12ClF6N3S. The zero-order chi connectivity index (χ0) is 20.7. The van der Waals surface area contributed by atoms with Gasteiger partial charge < -0.3 is 0 Å². The number of hydrogen-bond acceptors (Lipinski definition) is 3. The second-order valence-corrected chi connectivity index (χ2v) is 7.49. The zero-order valence-electron chi connectivity index (χ0n) is 14.1. The highest BCUT2D eigenvalue weighted by molar-refractivity contribution is 7.97. The van der Waals surface area contributed by atoms with Gasteiger partial charge in [0, 0.05) is 11.1 Å². The summed E-state index contributed by atoms with van der Waals surface area (Å²) in [4.78, 5) is 4.48. The van der Waals surface area contributed by atoms with E-state index >= 15 is 0 Å². The lowest BCUT2D eigenvalue weighted by Gasteiger charge is -2.29. The van der Waals surface area contributed by atoms with Crippen LogP contribution in [0.25, 0.3) is 5.65 Å². The lowest BCUT2D eigenvalue weighted by molar-refractivity contribution is -0.169. The van der Waals surface area contributed by atoms with Crippen LogP contribution in [0.4, 0.5) is 26.3 Å². The fourth-order valence-electron chi connectivity index (χ4n) is 2.66. The van der Waals surface area contributed by atoms with Gasteiger partial charge in [0.1, 0.15) is 16.8 Å². The van der Waals surface area contributed by atoms with Gasteiger partial charge >= 0.3 is 12.4 Å². The first kappa shape index (κ1) is 20.8. The standard InChI is InChI=1S/C17H12ClF6N3S/c1-26(28-12-6-7-14-25-8-13(18)27(14)9-12)15(17(22,23)24)10-2-4-11(5-3-10)16(19,20)21/h2-9,15H,1H3. The molecular weight excluding hydrogens is 428 g/mol. The molecule has 1 atom stereocenters. The van der Waals surface area contributed by atoms with Crippen LogP contribution >= 0.6 is 23.5 Å². The third-order valence-electron chi connectivity index (χ3n) is 3.91. The normalized spacial score (nSPS) is 14.0. The highest BCUT2D eigenvalue weighted by Gasteiger charge is 2.44. The SMILES string of the molecule is CN(Sc1ccc2ncc(Cl)n2c1)C(c1ccc(C(F)(F)F)cc1)C(F)(F)F. The van der Waals surface area contributed by atoms with Crippen LogP contribution in [0.1, 0.15) is 17.2 Å². The Morgan fingerprint density at radius 1 is 1.04 bits per heavy atom. The van der Waals surface area contributed by atoms with Gasteiger partial charge in [-0.15, -0.1) is 0 Å². The first-order valence-corrected chi connectivity index (χ1v) is 8.89. The molecule has 0 aliphatic heterocycles. The molecule has 28 heavy (non-hydrogen) atoms. The molecule has 0 spiro atoms. The number of hydrogen-bond donors (Lipinski definition) is 0. The molecule has 0 aliphatic rings. The minimum atomic E-state index is -4.70. The molecule has 3 rings (SSSR count). The van der Waals surface area contributed by atoms with Crippen LogP contribution in [0.15, 0.2) is 53.7 Å². The topological polar surface area (TPSA) is 20.5 Å². The molecule has 0 fully saturated rings. The first-order valence-electron chi connectivity index (χ1n) is 7.74. The van der Waals surface area contributed by atoms with Crippen LogP contribution in [-0.2, 0) is 6.18 Å². The summed E-state index contributed by atoms with van der Waals surface area (Å²) in [5.74, 6) is 0. The number of fused-ring (bicyclic) bond motifs is 1. The molecule has 3 nitrogen and oxygen atoms in total. The van der Waals surface area contributed by atoms with Crippen molar-refractivity contribution in [1.82, 2.24) is 13.7 Å².